The predicted molar refractivity (Wildman–Crippen MR) is 59.6 cm³/mol. The number of nitrogens with one attached hydrogen (secondary N) is 1. The van der Waals surface area contributed by atoms with E-state index in [0.29, 0.717) is 12.8 Å². The molecular weight excluding hydrogens is 270 g/mol. The van der Waals surface area contributed by atoms with Crippen molar-refractivity contribution in [3.05, 3.63) is 0 Å². The zero-order valence-electron chi connectivity index (χ0n) is 9.90. The van der Waals surface area contributed by atoms with Crippen molar-refractivity contribution in [3.8, 4) is 0 Å². The number of amides is 1. The van der Waals surface area contributed by atoms with Crippen LogP contribution in [0.4, 0.5) is 8.78 Å². The Hall–Kier alpha value is -0.800. The van der Waals surface area contributed by atoms with Crippen LogP contribution in [-0.2, 0) is 14.8 Å². The number of alkyl halides is 2. The molecule has 0 saturated carbocycles. The number of carbonyl (C=O) groups excluding carboxylic acids is 1. The van der Waals surface area contributed by atoms with Crippen LogP contribution in [0.3, 0.4) is 0 Å². The Morgan fingerprint density at radius 3 is 2.67 bits per heavy atom. The number of sulfonamides is 1. The first-order valence-electron chi connectivity index (χ1n) is 5.40. The first-order chi connectivity index (χ1) is 8.17. The zero-order chi connectivity index (χ0) is 14.0. The van der Waals surface area contributed by atoms with Gasteiger partial charge in [0.15, 0.2) is 0 Å². The van der Waals surface area contributed by atoms with Crippen LogP contribution < -0.4 is 5.32 Å². The fourth-order valence-electron chi connectivity index (χ4n) is 1.79. The molecule has 1 unspecified atom stereocenters. The topological polar surface area (TPSA) is 86.7 Å². The molecule has 1 amide bonds. The summed E-state index contributed by atoms with van der Waals surface area (Å²) in [6, 6.07) is -0.936. The summed E-state index contributed by atoms with van der Waals surface area (Å²) in [5, 5.41) is 10.3. The summed E-state index contributed by atoms with van der Waals surface area (Å²) in [6.07, 6.45) is 1.80. The predicted octanol–water partition coefficient (Wildman–Crippen LogP) is -0.846. The van der Waals surface area contributed by atoms with Crippen LogP contribution in [0.15, 0.2) is 0 Å². The Morgan fingerprint density at radius 2 is 2.17 bits per heavy atom. The number of hydrogen-bond acceptors (Lipinski definition) is 4. The van der Waals surface area contributed by atoms with E-state index in [1.54, 1.807) is 0 Å². The molecule has 0 aromatic rings. The van der Waals surface area contributed by atoms with Crippen LogP contribution in [0.2, 0.25) is 0 Å². The van der Waals surface area contributed by atoms with Crippen molar-refractivity contribution in [2.24, 2.45) is 0 Å². The molecule has 2 N–H and O–H groups in total. The lowest BCUT2D eigenvalue weighted by Crippen LogP contribution is -2.48. The number of aliphatic hydroxyl groups excluding tert-OH is 1. The van der Waals surface area contributed by atoms with Gasteiger partial charge in [0.2, 0.25) is 15.9 Å². The third-order valence-corrected chi connectivity index (χ3v) is 3.97. The zero-order valence-corrected chi connectivity index (χ0v) is 10.7. The standard InChI is InChI=1S/C9H16F2N2O4S/c1-18(16,17)13-4-2-3-7(13)8(15)12-5-9(10,11)6-14/h7,14H,2-6H2,1H3,(H,12,15). The summed E-state index contributed by atoms with van der Waals surface area (Å²) in [6.45, 7) is -2.16. The number of halogens is 2. The molecule has 1 aliphatic rings. The van der Waals surface area contributed by atoms with Crippen LogP contribution in [0.5, 0.6) is 0 Å². The number of rotatable bonds is 5. The second kappa shape index (κ2) is 5.45. The van der Waals surface area contributed by atoms with E-state index in [1.807, 2.05) is 5.32 Å². The molecule has 0 aromatic heterocycles. The molecule has 106 valence electrons. The van der Waals surface area contributed by atoms with Gasteiger partial charge in [0.1, 0.15) is 12.6 Å². The Morgan fingerprint density at radius 1 is 1.56 bits per heavy atom. The van der Waals surface area contributed by atoms with Gasteiger partial charge in [-0.3, -0.25) is 4.79 Å². The van der Waals surface area contributed by atoms with Gasteiger partial charge >= 0.3 is 0 Å². The summed E-state index contributed by atoms with van der Waals surface area (Å²) >= 11 is 0. The molecule has 0 spiro atoms. The highest BCUT2D eigenvalue weighted by molar-refractivity contribution is 7.88. The lowest BCUT2D eigenvalue weighted by molar-refractivity contribution is -0.127. The smallest absolute Gasteiger partial charge is 0.287 e. The Labute approximate surface area is 104 Å². The van der Waals surface area contributed by atoms with E-state index in [4.69, 9.17) is 5.11 Å². The number of nitrogens with zero attached hydrogens (tertiary/aromatic N) is 1. The van der Waals surface area contributed by atoms with Crippen LogP contribution in [0, 0.1) is 0 Å². The Kier molecular flexibility index (Phi) is 4.62. The van der Waals surface area contributed by atoms with Crippen molar-refractivity contribution in [3.63, 3.8) is 0 Å². The van der Waals surface area contributed by atoms with Crippen molar-refractivity contribution < 1.29 is 27.1 Å². The summed E-state index contributed by atoms with van der Waals surface area (Å²) in [4.78, 5) is 11.6. The van der Waals surface area contributed by atoms with E-state index in [9.17, 15) is 22.0 Å². The van der Waals surface area contributed by atoms with Gasteiger partial charge in [-0.2, -0.15) is 4.31 Å². The molecule has 6 nitrogen and oxygen atoms in total. The first-order valence-corrected chi connectivity index (χ1v) is 7.25. The average molecular weight is 286 g/mol. The first kappa shape index (κ1) is 15.3. The van der Waals surface area contributed by atoms with Gasteiger partial charge in [-0.25, -0.2) is 17.2 Å². The lowest BCUT2D eigenvalue weighted by Gasteiger charge is -2.22. The van der Waals surface area contributed by atoms with Crippen molar-refractivity contribution in [1.29, 1.82) is 0 Å². The number of aliphatic hydroxyl groups is 1. The fourth-order valence-corrected chi connectivity index (χ4v) is 2.91. The van der Waals surface area contributed by atoms with Gasteiger partial charge in [-0.1, -0.05) is 0 Å². The third-order valence-electron chi connectivity index (χ3n) is 2.68. The number of hydrogen-bond donors (Lipinski definition) is 2. The molecule has 9 heteroatoms. The molecule has 1 rings (SSSR count). The highest BCUT2D eigenvalue weighted by Gasteiger charge is 2.37. The van der Waals surface area contributed by atoms with Gasteiger partial charge in [-0.05, 0) is 12.8 Å². The summed E-state index contributed by atoms with van der Waals surface area (Å²) in [7, 11) is -3.52. The molecule has 18 heavy (non-hydrogen) atoms. The van der Waals surface area contributed by atoms with E-state index in [1.165, 1.54) is 0 Å². The lowest BCUT2D eigenvalue weighted by atomic mass is 10.2. The minimum atomic E-state index is -3.52. The van der Waals surface area contributed by atoms with E-state index < -0.39 is 41.0 Å². The van der Waals surface area contributed by atoms with Gasteiger partial charge in [0, 0.05) is 6.54 Å². The van der Waals surface area contributed by atoms with Gasteiger partial charge < -0.3 is 10.4 Å². The van der Waals surface area contributed by atoms with E-state index in [-0.39, 0.29) is 6.54 Å². The maximum absolute atomic E-state index is 12.7. The highest BCUT2D eigenvalue weighted by atomic mass is 32.2. The maximum atomic E-state index is 12.7. The second-order valence-electron chi connectivity index (χ2n) is 4.26. The molecule has 1 saturated heterocycles. The molecule has 0 radical (unpaired) electrons. The molecule has 0 aliphatic carbocycles. The van der Waals surface area contributed by atoms with E-state index in [2.05, 4.69) is 0 Å². The normalized spacial score (nSPS) is 22.1. The van der Waals surface area contributed by atoms with Crippen LogP contribution in [-0.4, -0.2) is 61.7 Å². The van der Waals surface area contributed by atoms with Crippen LogP contribution >= 0.6 is 0 Å². The second-order valence-corrected chi connectivity index (χ2v) is 6.20. The van der Waals surface area contributed by atoms with Gasteiger partial charge in [0.05, 0.1) is 12.8 Å². The highest BCUT2D eigenvalue weighted by Crippen LogP contribution is 2.20. The SMILES string of the molecule is CS(=O)(=O)N1CCCC1C(=O)NCC(F)(F)CO. The van der Waals surface area contributed by atoms with Crippen molar-refractivity contribution in [1.82, 2.24) is 9.62 Å². The summed E-state index contributed by atoms with van der Waals surface area (Å²) < 4.78 is 49.2. The van der Waals surface area contributed by atoms with Crippen molar-refractivity contribution in [2.75, 3.05) is 26.0 Å². The molecule has 1 fully saturated rings. The quantitative estimate of drug-likeness (QED) is 0.689. The maximum Gasteiger partial charge on any atom is 0.287 e. The minimum Gasteiger partial charge on any atom is -0.390 e. The summed E-state index contributed by atoms with van der Waals surface area (Å²) in [5.41, 5.74) is 0. The van der Waals surface area contributed by atoms with E-state index in [0.717, 1.165) is 10.6 Å². The van der Waals surface area contributed by atoms with Gasteiger partial charge in [-0.15, -0.1) is 0 Å². The van der Waals surface area contributed by atoms with Crippen LogP contribution in [0.25, 0.3) is 0 Å². The fraction of sp³-hybridized carbons (Fsp3) is 0.889. The van der Waals surface area contributed by atoms with Crippen molar-refractivity contribution in [2.45, 2.75) is 24.8 Å². The molecule has 1 heterocycles. The minimum absolute atomic E-state index is 0.216. The largest absolute Gasteiger partial charge is 0.390 e. The van der Waals surface area contributed by atoms with Crippen LogP contribution in [0.1, 0.15) is 12.8 Å². The molecule has 1 atom stereocenters. The van der Waals surface area contributed by atoms with E-state index >= 15 is 0 Å². The van der Waals surface area contributed by atoms with Crippen molar-refractivity contribution >= 4 is 15.9 Å². The number of carbonyl (C=O) groups is 1. The monoisotopic (exact) mass is 286 g/mol. The Bertz CT molecular complexity index is 413. The molecule has 1 aliphatic heterocycles. The Balaban J connectivity index is 2.62. The third kappa shape index (κ3) is 3.85. The summed E-state index contributed by atoms with van der Waals surface area (Å²) in [5.74, 6) is -4.16. The molecule has 0 bridgehead atoms. The molecule has 0 aromatic carbocycles. The average Bonchev–Trinajstić information content (AvgIpc) is 2.74. The molecular formula is C9H16F2N2O4S. The van der Waals surface area contributed by atoms with Gasteiger partial charge in [0.25, 0.3) is 5.92 Å².